The van der Waals surface area contributed by atoms with E-state index >= 15 is 0 Å². The largest absolute Gasteiger partial charge is 0.481 e. The lowest BCUT2D eigenvalue weighted by molar-refractivity contribution is -0.149. The zero-order valence-electron chi connectivity index (χ0n) is 21.0. The minimum Gasteiger partial charge on any atom is -0.481 e. The van der Waals surface area contributed by atoms with E-state index in [1.54, 1.807) is 13.8 Å². The number of carboxylic acids is 1. The van der Waals surface area contributed by atoms with Crippen molar-refractivity contribution in [1.29, 1.82) is 0 Å². The molecule has 0 radical (unpaired) electrons. The molecule has 0 heterocycles. The lowest BCUT2D eigenvalue weighted by Gasteiger charge is -2.28. The van der Waals surface area contributed by atoms with Crippen LogP contribution in [0.2, 0.25) is 0 Å². The molecule has 7 heteroatoms. The first kappa shape index (κ1) is 26.3. The van der Waals surface area contributed by atoms with E-state index in [1.807, 2.05) is 50.2 Å². The van der Waals surface area contributed by atoms with Crippen molar-refractivity contribution in [3.05, 3.63) is 59.7 Å². The topological polar surface area (TPSA) is 105 Å². The van der Waals surface area contributed by atoms with Crippen LogP contribution in [-0.2, 0) is 14.3 Å². The number of carboxylic acid groups (broad SMARTS) is 1. The van der Waals surface area contributed by atoms with Gasteiger partial charge in [0.1, 0.15) is 12.6 Å². The molecule has 0 saturated carbocycles. The third-order valence-electron chi connectivity index (χ3n) is 7.07. The summed E-state index contributed by atoms with van der Waals surface area (Å²) < 4.78 is 5.60. The van der Waals surface area contributed by atoms with E-state index in [1.165, 1.54) is 0 Å². The smallest absolute Gasteiger partial charge is 0.407 e. The summed E-state index contributed by atoms with van der Waals surface area (Å²) in [4.78, 5) is 37.4. The van der Waals surface area contributed by atoms with E-state index in [4.69, 9.17) is 4.74 Å². The summed E-state index contributed by atoms with van der Waals surface area (Å²) in [5.41, 5.74) is 3.48. The lowest BCUT2D eigenvalue weighted by atomic mass is 9.82. The molecule has 2 aromatic rings. The van der Waals surface area contributed by atoms with Crippen molar-refractivity contribution in [2.45, 2.75) is 58.9 Å². The number of benzene rings is 2. The second kappa shape index (κ2) is 11.4. The van der Waals surface area contributed by atoms with Crippen molar-refractivity contribution >= 4 is 18.0 Å². The second-order valence-electron chi connectivity index (χ2n) is 9.66. The highest BCUT2D eigenvalue weighted by molar-refractivity contribution is 5.86. The van der Waals surface area contributed by atoms with Crippen LogP contribution in [0, 0.1) is 11.3 Å². The average Bonchev–Trinajstić information content (AvgIpc) is 3.16. The number of carbonyl (C=O) groups is 3. The highest BCUT2D eigenvalue weighted by atomic mass is 16.5. The second-order valence-corrected chi connectivity index (χ2v) is 9.66. The van der Waals surface area contributed by atoms with Gasteiger partial charge in [0.15, 0.2) is 0 Å². The van der Waals surface area contributed by atoms with Gasteiger partial charge in [-0.2, -0.15) is 0 Å². The molecule has 0 saturated heterocycles. The maximum Gasteiger partial charge on any atom is 0.407 e. The van der Waals surface area contributed by atoms with E-state index in [-0.39, 0.29) is 25.0 Å². The van der Waals surface area contributed by atoms with Gasteiger partial charge in [-0.25, -0.2) is 4.79 Å². The normalized spacial score (nSPS) is 13.6. The van der Waals surface area contributed by atoms with Gasteiger partial charge in [0, 0.05) is 12.5 Å². The zero-order chi connectivity index (χ0) is 25.6. The van der Waals surface area contributed by atoms with Gasteiger partial charge in [-0.05, 0) is 47.4 Å². The van der Waals surface area contributed by atoms with Crippen LogP contribution in [0.3, 0.4) is 0 Å². The quantitative estimate of drug-likeness (QED) is 0.422. The van der Waals surface area contributed by atoms with Gasteiger partial charge in [0.25, 0.3) is 0 Å². The summed E-state index contributed by atoms with van der Waals surface area (Å²) in [6, 6.07) is 15.4. The Balaban J connectivity index is 1.65. The molecule has 3 N–H and O–H groups in total. The van der Waals surface area contributed by atoms with Crippen LogP contribution in [0.5, 0.6) is 0 Å². The number of amides is 2. The van der Waals surface area contributed by atoms with Crippen LogP contribution < -0.4 is 10.6 Å². The molecule has 188 valence electrons. The van der Waals surface area contributed by atoms with Crippen molar-refractivity contribution in [2.24, 2.45) is 11.3 Å². The number of aliphatic carboxylic acids is 1. The zero-order valence-corrected chi connectivity index (χ0v) is 21.0. The molecule has 2 aromatic carbocycles. The SMILES string of the molecule is CCC(CC)(CNC(=O)[C@@H](CC(C)C)NC(=O)OCC1c2ccccc2-c2ccccc21)C(=O)O. The van der Waals surface area contributed by atoms with Crippen molar-refractivity contribution in [2.75, 3.05) is 13.2 Å². The van der Waals surface area contributed by atoms with Gasteiger partial charge >= 0.3 is 12.1 Å². The van der Waals surface area contributed by atoms with Crippen LogP contribution in [0.15, 0.2) is 48.5 Å². The molecule has 0 bridgehead atoms. The number of nitrogens with one attached hydrogen (secondary N) is 2. The molecular formula is C28H36N2O5. The third-order valence-corrected chi connectivity index (χ3v) is 7.07. The Morgan fingerprint density at radius 3 is 2.00 bits per heavy atom. The standard InChI is InChI=1S/C28H36N2O5/c1-5-28(6-2,26(32)33)17-29-25(31)24(15-18(3)4)30-27(34)35-16-23-21-13-9-7-11-19(21)20-12-8-10-14-22(20)23/h7-14,18,23-24H,5-6,15-17H2,1-4H3,(H,29,31)(H,30,34)(H,32,33)/t24-/m1/s1. The number of hydrogen-bond donors (Lipinski definition) is 3. The molecule has 7 nitrogen and oxygen atoms in total. The average molecular weight is 481 g/mol. The third kappa shape index (κ3) is 5.84. The number of rotatable bonds is 11. The fraction of sp³-hybridized carbons (Fsp3) is 0.464. The molecule has 0 spiro atoms. The first-order valence-corrected chi connectivity index (χ1v) is 12.3. The molecule has 0 fully saturated rings. The fourth-order valence-corrected chi connectivity index (χ4v) is 4.74. The highest BCUT2D eigenvalue weighted by Crippen LogP contribution is 2.44. The molecule has 0 aliphatic heterocycles. The molecule has 3 rings (SSSR count). The Morgan fingerprint density at radius 1 is 0.971 bits per heavy atom. The summed E-state index contributed by atoms with van der Waals surface area (Å²) in [5, 5.41) is 15.1. The van der Waals surface area contributed by atoms with Crippen LogP contribution >= 0.6 is 0 Å². The summed E-state index contributed by atoms with van der Waals surface area (Å²) in [7, 11) is 0. The van der Waals surface area contributed by atoms with Crippen molar-refractivity contribution in [3.63, 3.8) is 0 Å². The number of carbonyl (C=O) groups excluding carboxylic acids is 2. The first-order chi connectivity index (χ1) is 16.7. The maximum atomic E-state index is 12.9. The van der Waals surface area contributed by atoms with E-state index in [0.29, 0.717) is 19.3 Å². The van der Waals surface area contributed by atoms with Gasteiger partial charge in [-0.15, -0.1) is 0 Å². The van der Waals surface area contributed by atoms with Crippen molar-refractivity contribution < 1.29 is 24.2 Å². The van der Waals surface area contributed by atoms with E-state index in [9.17, 15) is 19.5 Å². The predicted octanol–water partition coefficient (Wildman–Crippen LogP) is 4.95. The summed E-state index contributed by atoms with van der Waals surface area (Å²) in [6.45, 7) is 7.67. The summed E-state index contributed by atoms with van der Waals surface area (Å²) in [5.74, 6) is -1.27. The van der Waals surface area contributed by atoms with Gasteiger partial charge in [-0.1, -0.05) is 76.2 Å². The molecule has 0 unspecified atom stereocenters. The number of hydrogen-bond acceptors (Lipinski definition) is 4. The van der Waals surface area contributed by atoms with Crippen LogP contribution in [0.4, 0.5) is 4.79 Å². The summed E-state index contributed by atoms with van der Waals surface area (Å²) >= 11 is 0. The van der Waals surface area contributed by atoms with Crippen LogP contribution in [0.25, 0.3) is 11.1 Å². The van der Waals surface area contributed by atoms with E-state index in [0.717, 1.165) is 22.3 Å². The first-order valence-electron chi connectivity index (χ1n) is 12.3. The van der Waals surface area contributed by atoms with E-state index < -0.39 is 29.4 Å². The van der Waals surface area contributed by atoms with E-state index in [2.05, 4.69) is 22.8 Å². The molecule has 1 aliphatic rings. The van der Waals surface area contributed by atoms with Crippen molar-refractivity contribution in [1.82, 2.24) is 10.6 Å². The maximum absolute atomic E-state index is 12.9. The van der Waals surface area contributed by atoms with Gasteiger partial charge in [-0.3, -0.25) is 9.59 Å². The molecule has 0 aromatic heterocycles. The Kier molecular flexibility index (Phi) is 8.54. The van der Waals surface area contributed by atoms with Gasteiger partial charge < -0.3 is 20.5 Å². The Labute approximate surface area is 207 Å². The molecule has 35 heavy (non-hydrogen) atoms. The van der Waals surface area contributed by atoms with Crippen molar-refractivity contribution in [3.8, 4) is 11.1 Å². The summed E-state index contributed by atoms with van der Waals surface area (Å²) in [6.07, 6.45) is 0.540. The lowest BCUT2D eigenvalue weighted by Crippen LogP contribution is -2.51. The minimum atomic E-state index is -1.03. The highest BCUT2D eigenvalue weighted by Gasteiger charge is 2.36. The number of alkyl carbamates (subject to hydrolysis) is 1. The molecular weight excluding hydrogens is 444 g/mol. The Morgan fingerprint density at radius 2 is 1.51 bits per heavy atom. The number of fused-ring (bicyclic) bond motifs is 3. The minimum absolute atomic E-state index is 0.00906. The van der Waals surface area contributed by atoms with Gasteiger partial charge in [0.2, 0.25) is 5.91 Å². The van der Waals surface area contributed by atoms with Gasteiger partial charge in [0.05, 0.1) is 5.41 Å². The Bertz CT molecular complexity index is 1020. The van der Waals surface area contributed by atoms with Crippen LogP contribution in [-0.4, -0.2) is 42.3 Å². The molecule has 1 atom stereocenters. The fourth-order valence-electron chi connectivity index (χ4n) is 4.74. The monoisotopic (exact) mass is 480 g/mol. The molecule has 1 aliphatic carbocycles. The number of ether oxygens (including phenoxy) is 1. The van der Waals surface area contributed by atoms with Crippen LogP contribution in [0.1, 0.15) is 64.0 Å². The molecule has 2 amide bonds. The Hall–Kier alpha value is -3.35. The predicted molar refractivity (Wildman–Crippen MR) is 135 cm³/mol.